The molecule has 2 bridgehead atoms. The molecule has 24 heavy (non-hydrogen) atoms. The number of hydrogen-bond acceptors (Lipinski definition) is 7. The van der Waals surface area contributed by atoms with Crippen molar-refractivity contribution in [3.8, 4) is 6.07 Å². The molecule has 0 spiro atoms. The van der Waals surface area contributed by atoms with Gasteiger partial charge in [-0.3, -0.25) is 9.59 Å². The van der Waals surface area contributed by atoms with Crippen LogP contribution in [0.25, 0.3) is 0 Å². The van der Waals surface area contributed by atoms with Gasteiger partial charge in [0.25, 0.3) is 0 Å². The molecule has 0 aromatic carbocycles. The highest BCUT2D eigenvalue weighted by atomic mass is 16.7. The quantitative estimate of drug-likeness (QED) is 0.572. The topological polar surface area (TPSA) is 106 Å². The van der Waals surface area contributed by atoms with E-state index < -0.39 is 41.3 Å². The maximum atomic E-state index is 12.0. The third-order valence-electron chi connectivity index (χ3n) is 5.87. The van der Waals surface area contributed by atoms with Gasteiger partial charge in [0.15, 0.2) is 11.7 Å². The Kier molecular flexibility index (Phi) is 4.09. The van der Waals surface area contributed by atoms with Gasteiger partial charge >= 0.3 is 11.9 Å². The van der Waals surface area contributed by atoms with Gasteiger partial charge in [0, 0.05) is 5.92 Å². The van der Waals surface area contributed by atoms with Gasteiger partial charge in [-0.05, 0) is 39.0 Å². The molecule has 6 unspecified atom stereocenters. The Morgan fingerprint density at radius 3 is 2.92 bits per heavy atom. The molecule has 2 aliphatic carbocycles. The molecule has 0 amide bonds. The second-order valence-electron chi connectivity index (χ2n) is 7.65. The van der Waals surface area contributed by atoms with Crippen LogP contribution in [0.4, 0.5) is 0 Å². The van der Waals surface area contributed by atoms with Crippen molar-refractivity contribution in [1.82, 2.24) is 0 Å². The number of ether oxygens (including phenoxy) is 3. The third-order valence-corrected chi connectivity index (χ3v) is 5.87. The van der Waals surface area contributed by atoms with E-state index in [1.807, 2.05) is 6.92 Å². The third kappa shape index (κ3) is 2.40. The van der Waals surface area contributed by atoms with E-state index in [-0.39, 0.29) is 18.4 Å². The van der Waals surface area contributed by atoms with Gasteiger partial charge in [0.1, 0.15) is 18.8 Å². The molecule has 3 rings (SSSR count). The van der Waals surface area contributed by atoms with Crippen LogP contribution >= 0.6 is 0 Å². The molecule has 7 heteroatoms. The highest BCUT2D eigenvalue weighted by Crippen LogP contribution is 2.62. The first-order valence-electron chi connectivity index (χ1n) is 8.38. The zero-order chi connectivity index (χ0) is 17.7. The number of rotatable bonds is 6. The van der Waals surface area contributed by atoms with Crippen LogP contribution in [-0.4, -0.2) is 42.1 Å². The van der Waals surface area contributed by atoms with Gasteiger partial charge in [-0.15, -0.1) is 0 Å². The van der Waals surface area contributed by atoms with Crippen molar-refractivity contribution in [2.75, 3.05) is 6.61 Å². The van der Waals surface area contributed by atoms with Crippen LogP contribution < -0.4 is 0 Å². The van der Waals surface area contributed by atoms with Crippen LogP contribution in [-0.2, 0) is 23.8 Å². The molecule has 1 N–H and O–H groups in total. The number of nitrogens with zero attached hydrogens (tertiary/aromatic N) is 1. The van der Waals surface area contributed by atoms with Gasteiger partial charge in [0.2, 0.25) is 0 Å². The highest BCUT2D eigenvalue weighted by Gasteiger charge is 2.71. The molecule has 132 valence electrons. The van der Waals surface area contributed by atoms with Gasteiger partial charge < -0.3 is 19.3 Å². The SMILES string of the molecule is CCC(C)(C)C(=O)OCC(O)OC1C2CC3C1OC(=O)C3(C#N)C2. The fourth-order valence-corrected chi connectivity index (χ4v) is 4.02. The van der Waals surface area contributed by atoms with Gasteiger partial charge in [-0.25, -0.2) is 0 Å². The molecule has 2 saturated carbocycles. The summed E-state index contributed by atoms with van der Waals surface area (Å²) >= 11 is 0. The Morgan fingerprint density at radius 2 is 2.29 bits per heavy atom. The molecule has 1 saturated heterocycles. The fourth-order valence-electron chi connectivity index (χ4n) is 4.02. The monoisotopic (exact) mass is 337 g/mol. The first-order valence-corrected chi connectivity index (χ1v) is 8.38. The minimum Gasteiger partial charge on any atom is -0.460 e. The van der Waals surface area contributed by atoms with Gasteiger partial charge in [-0.2, -0.15) is 5.26 Å². The number of nitriles is 1. The van der Waals surface area contributed by atoms with Crippen molar-refractivity contribution >= 4 is 11.9 Å². The van der Waals surface area contributed by atoms with E-state index in [9.17, 15) is 20.0 Å². The van der Waals surface area contributed by atoms with E-state index in [2.05, 4.69) is 6.07 Å². The second-order valence-corrected chi connectivity index (χ2v) is 7.65. The van der Waals surface area contributed by atoms with Crippen molar-refractivity contribution in [3.05, 3.63) is 0 Å². The molecule has 1 aliphatic heterocycles. The number of hydrogen-bond donors (Lipinski definition) is 1. The first kappa shape index (κ1) is 17.2. The predicted molar refractivity (Wildman–Crippen MR) is 80.1 cm³/mol. The van der Waals surface area contributed by atoms with Crippen LogP contribution in [0, 0.1) is 34.0 Å². The molecule has 6 atom stereocenters. The lowest BCUT2D eigenvalue weighted by Gasteiger charge is -2.30. The molecular weight excluding hydrogens is 314 g/mol. The summed E-state index contributed by atoms with van der Waals surface area (Å²) in [5, 5.41) is 19.4. The Balaban J connectivity index is 1.56. The van der Waals surface area contributed by atoms with E-state index >= 15 is 0 Å². The Hall–Kier alpha value is -1.65. The second kappa shape index (κ2) is 5.71. The Morgan fingerprint density at radius 1 is 1.58 bits per heavy atom. The maximum absolute atomic E-state index is 12.0. The smallest absolute Gasteiger partial charge is 0.327 e. The van der Waals surface area contributed by atoms with Gasteiger partial charge in [0.05, 0.1) is 11.5 Å². The van der Waals surface area contributed by atoms with Crippen molar-refractivity contribution in [2.24, 2.45) is 22.7 Å². The molecule has 3 aliphatic rings. The first-order chi connectivity index (χ1) is 11.2. The van der Waals surface area contributed by atoms with E-state index in [1.54, 1.807) is 13.8 Å². The van der Waals surface area contributed by atoms with Crippen molar-refractivity contribution < 1.29 is 28.9 Å². The normalized spacial score (nSPS) is 37.9. The summed E-state index contributed by atoms with van der Waals surface area (Å²) < 4.78 is 16.1. The molecule has 7 nitrogen and oxygen atoms in total. The average molecular weight is 337 g/mol. The van der Waals surface area contributed by atoms with Crippen LogP contribution in [0.1, 0.15) is 40.0 Å². The summed E-state index contributed by atoms with van der Waals surface area (Å²) in [6.07, 6.45) is -0.498. The van der Waals surface area contributed by atoms with Crippen molar-refractivity contribution in [3.63, 3.8) is 0 Å². The maximum Gasteiger partial charge on any atom is 0.327 e. The predicted octanol–water partition coefficient (Wildman–Crippen LogP) is 1.14. The summed E-state index contributed by atoms with van der Waals surface area (Å²) in [5.74, 6) is -1.03. The lowest BCUT2D eigenvalue weighted by Crippen LogP contribution is -2.41. The zero-order valence-corrected chi connectivity index (χ0v) is 14.2. The number of esters is 2. The van der Waals surface area contributed by atoms with Crippen LogP contribution in [0.15, 0.2) is 0 Å². The Labute approximate surface area is 140 Å². The average Bonchev–Trinajstić information content (AvgIpc) is 3.14. The van der Waals surface area contributed by atoms with E-state index in [0.717, 1.165) is 0 Å². The summed E-state index contributed by atoms with van der Waals surface area (Å²) in [5.41, 5.74) is -1.64. The van der Waals surface area contributed by atoms with Crippen molar-refractivity contribution in [1.29, 1.82) is 5.26 Å². The lowest BCUT2D eigenvalue weighted by atomic mass is 9.75. The molecule has 0 aromatic heterocycles. The fraction of sp³-hybridized carbons (Fsp3) is 0.824. The summed E-state index contributed by atoms with van der Waals surface area (Å²) in [6, 6.07) is 2.13. The summed E-state index contributed by atoms with van der Waals surface area (Å²) in [4.78, 5) is 23.9. The van der Waals surface area contributed by atoms with Crippen LogP contribution in [0.5, 0.6) is 0 Å². The molecule has 0 aromatic rings. The summed E-state index contributed by atoms with van der Waals surface area (Å²) in [6.45, 7) is 5.18. The Bertz CT molecular complexity index is 596. The van der Waals surface area contributed by atoms with Crippen LogP contribution in [0.3, 0.4) is 0 Å². The van der Waals surface area contributed by atoms with E-state index in [0.29, 0.717) is 19.3 Å². The number of carbonyl (C=O) groups excluding carboxylic acids is 2. The highest BCUT2D eigenvalue weighted by molar-refractivity contribution is 5.84. The van der Waals surface area contributed by atoms with E-state index in [4.69, 9.17) is 14.2 Å². The molecule has 1 heterocycles. The van der Waals surface area contributed by atoms with E-state index in [1.165, 1.54) is 0 Å². The number of fused-ring (bicyclic) bond motifs is 1. The lowest BCUT2D eigenvalue weighted by molar-refractivity contribution is -0.203. The number of aliphatic hydroxyl groups is 1. The summed E-state index contributed by atoms with van der Waals surface area (Å²) in [7, 11) is 0. The van der Waals surface area contributed by atoms with Gasteiger partial charge in [-0.1, -0.05) is 6.92 Å². The zero-order valence-electron chi connectivity index (χ0n) is 14.2. The minimum atomic E-state index is -1.28. The molecule has 0 radical (unpaired) electrons. The number of aliphatic hydroxyl groups excluding tert-OH is 1. The standard InChI is InChI=1S/C17H23NO6/c1-4-16(2,3)14(20)22-7-11(19)23-12-9-5-10-13(12)24-15(21)17(10,6-9)8-18/h9-13,19H,4-7H2,1-3H3. The largest absolute Gasteiger partial charge is 0.460 e. The van der Waals surface area contributed by atoms with Crippen LogP contribution in [0.2, 0.25) is 0 Å². The molecular formula is C17H23NO6. The molecule has 3 fully saturated rings. The minimum absolute atomic E-state index is 0.00327. The van der Waals surface area contributed by atoms with Crippen molar-refractivity contribution in [2.45, 2.75) is 58.5 Å². The number of carbonyl (C=O) groups is 2.